The van der Waals surface area contributed by atoms with Crippen molar-refractivity contribution in [1.82, 2.24) is 62.3 Å². The number of fused-ring (bicyclic) bond motifs is 18. The lowest BCUT2D eigenvalue weighted by molar-refractivity contribution is 1.08. The Balaban J connectivity index is 0.000000108. The second-order valence-electron chi connectivity index (χ2n) is 37.9. The molecule has 0 N–H and O–H groups in total. The Kier molecular flexibility index (Phi) is 21.6. The molecule has 150 heavy (non-hydrogen) atoms. The van der Waals surface area contributed by atoms with Crippen LogP contribution in [0.3, 0.4) is 0 Å². The number of para-hydroxylation sites is 6. The van der Waals surface area contributed by atoms with Gasteiger partial charge < -0.3 is 22.8 Å². The van der Waals surface area contributed by atoms with Crippen molar-refractivity contribution in [3.63, 3.8) is 0 Å². The molecule has 13 nitrogen and oxygen atoms in total. The minimum Gasteiger partial charge on any atom is -0.309 e. The van der Waals surface area contributed by atoms with E-state index in [4.69, 9.17) is 34.9 Å². The van der Waals surface area contributed by atoms with Crippen molar-refractivity contribution in [2.24, 2.45) is 0 Å². The van der Waals surface area contributed by atoms with Crippen molar-refractivity contribution < 1.29 is 0 Å². The van der Waals surface area contributed by atoms with E-state index < -0.39 is 0 Å². The molecule has 18 aromatic carbocycles. The Morgan fingerprint density at radius 1 is 0.147 bits per heavy atom. The third-order valence-corrected chi connectivity index (χ3v) is 29.1. The molecular weight excluding hydrogens is 1830 g/mol. The first-order valence-corrected chi connectivity index (χ1v) is 50.6. The van der Waals surface area contributed by atoms with Crippen LogP contribution in [-0.4, -0.2) is 62.3 Å². The van der Waals surface area contributed by atoms with Gasteiger partial charge in [0.1, 0.15) is 5.82 Å². The Hall–Kier alpha value is -20.4. The number of rotatable bonds is 15. The maximum atomic E-state index is 5.30. The van der Waals surface area contributed by atoms with Crippen molar-refractivity contribution in [3.05, 3.63) is 540 Å². The molecule has 30 aromatic rings. The third-order valence-electron chi connectivity index (χ3n) is 29.1. The van der Waals surface area contributed by atoms with Gasteiger partial charge in [0.2, 0.25) is 0 Å². The summed E-state index contributed by atoms with van der Waals surface area (Å²) >= 11 is 0. The van der Waals surface area contributed by atoms with Gasteiger partial charge in [0.15, 0.2) is 5.82 Å². The highest BCUT2D eigenvalue weighted by Gasteiger charge is 2.26. The Labute approximate surface area is 863 Å². The minimum atomic E-state index is 0.703. The van der Waals surface area contributed by atoms with E-state index in [-0.39, 0.29) is 0 Å². The molecule has 12 aromatic heterocycles. The molecule has 0 saturated heterocycles. The monoisotopic (exact) mass is 1920 g/mol. The van der Waals surface area contributed by atoms with Gasteiger partial charge in [0.05, 0.1) is 123 Å². The van der Waals surface area contributed by atoms with Crippen molar-refractivity contribution in [1.29, 1.82) is 0 Å². The summed E-state index contributed by atoms with van der Waals surface area (Å²) in [7, 11) is 0. The maximum absolute atomic E-state index is 5.30. The zero-order chi connectivity index (χ0) is 99.1. The zero-order valence-electron chi connectivity index (χ0n) is 81.2. The third kappa shape index (κ3) is 15.4. The molecule has 702 valence electrons. The first-order chi connectivity index (χ1) is 74.4. The van der Waals surface area contributed by atoms with Crippen LogP contribution in [-0.2, 0) is 0 Å². The van der Waals surface area contributed by atoms with E-state index in [1.807, 2.05) is 85.5 Å². The van der Waals surface area contributed by atoms with Crippen LogP contribution in [0.4, 0.5) is 0 Å². The fraction of sp³-hybridized carbons (Fsp3) is 0. The largest absolute Gasteiger partial charge is 0.309 e. The molecule has 0 unspecified atom stereocenters. The molecule has 0 radical (unpaired) electrons. The van der Waals surface area contributed by atoms with Gasteiger partial charge in [-0.2, -0.15) is 0 Å². The van der Waals surface area contributed by atoms with Crippen LogP contribution < -0.4 is 0 Å². The average molecular weight is 1920 g/mol. The van der Waals surface area contributed by atoms with E-state index >= 15 is 0 Å². The molecule has 0 atom stereocenters. The minimum absolute atomic E-state index is 0.703. The van der Waals surface area contributed by atoms with Gasteiger partial charge in [-0.1, -0.05) is 328 Å². The van der Waals surface area contributed by atoms with Crippen molar-refractivity contribution in [3.8, 4) is 135 Å². The summed E-state index contributed by atoms with van der Waals surface area (Å²) in [4.78, 5) is 35.1. The number of aromatic nitrogens is 13. The Bertz CT molecular complexity index is 9930. The van der Waals surface area contributed by atoms with Crippen molar-refractivity contribution in [2.45, 2.75) is 0 Å². The van der Waals surface area contributed by atoms with Gasteiger partial charge in [0.25, 0.3) is 0 Å². The van der Waals surface area contributed by atoms with Gasteiger partial charge in [-0.3, -0.25) is 19.5 Å². The fourth-order valence-corrected chi connectivity index (χ4v) is 22.3. The lowest BCUT2D eigenvalue weighted by Crippen LogP contribution is -2.02. The standard InChI is InChI=1S/2C46H30N4.C45H29N5/c1-4-13-31(14-5-1)35-29-40(32-15-6-2-7-16-32)48-45(30-35)50-41-20-11-10-19-37(41)38-27-33(22-24-42(38)50)34-23-25-43-39(28-34)46-44(21-12-26-47-46)49(43)36-17-8-3-9-18-36;1-4-13-31(14-5-1)40-29-36(30-41(48-40)32-15-6-2-7-16-32)50-42-20-11-10-19-37(42)38-27-33(22-24-43(38)50)34-23-25-44-39(28-34)46-45(21-12-26-47-46)49(44)35-17-8-3-9-18-35;1-4-13-30(14-5-1)43-42(29-47-45(48-43)31-15-6-2-7-16-31)50-38-20-11-10-19-35(38)36-27-32(22-24-39(36)50)33-23-25-40-37(28-33)44-41(21-12-26-46-44)49(40)34-17-8-3-9-18-34/h2*1-30H;1-29H. The molecule has 0 bridgehead atoms. The number of hydrogen-bond donors (Lipinski definition) is 0. The van der Waals surface area contributed by atoms with E-state index in [0.717, 1.165) is 223 Å². The lowest BCUT2D eigenvalue weighted by atomic mass is 10.0. The number of pyridine rings is 5. The van der Waals surface area contributed by atoms with Gasteiger partial charge in [-0.05, 0) is 233 Å². The molecule has 12 heterocycles. The molecule has 0 aliphatic rings. The summed E-state index contributed by atoms with van der Waals surface area (Å²) in [6.07, 6.45) is 7.62. The zero-order valence-corrected chi connectivity index (χ0v) is 81.2. The van der Waals surface area contributed by atoms with Crippen molar-refractivity contribution >= 4 is 131 Å². The van der Waals surface area contributed by atoms with Gasteiger partial charge in [-0.25, -0.2) is 19.9 Å². The van der Waals surface area contributed by atoms with E-state index in [0.29, 0.717) is 5.82 Å². The van der Waals surface area contributed by atoms with E-state index in [1.54, 1.807) is 0 Å². The van der Waals surface area contributed by atoms with Gasteiger partial charge >= 0.3 is 0 Å². The predicted molar refractivity (Wildman–Crippen MR) is 619 cm³/mol. The predicted octanol–water partition coefficient (Wildman–Crippen LogP) is 34.4. The summed E-state index contributed by atoms with van der Waals surface area (Å²) in [5.41, 5.74) is 40.2. The molecule has 0 amide bonds. The molecule has 0 aliphatic heterocycles. The second-order valence-corrected chi connectivity index (χ2v) is 37.9. The summed E-state index contributed by atoms with van der Waals surface area (Å²) < 4.78 is 13.9. The number of benzene rings is 18. The topological polar surface area (TPSA) is 120 Å². The van der Waals surface area contributed by atoms with Crippen LogP contribution in [0.5, 0.6) is 0 Å². The molecule has 0 saturated carbocycles. The van der Waals surface area contributed by atoms with Gasteiger partial charge in [-0.15, -0.1) is 0 Å². The summed E-state index contributed by atoms with van der Waals surface area (Å²) in [6, 6.07) is 182. The molecule has 13 heteroatoms. The summed E-state index contributed by atoms with van der Waals surface area (Å²) in [5, 5.41) is 10.6. The normalized spacial score (nSPS) is 11.6. The molecule has 0 aliphatic carbocycles. The van der Waals surface area contributed by atoms with Crippen LogP contribution in [0.25, 0.3) is 266 Å². The highest BCUT2D eigenvalue weighted by molar-refractivity contribution is 6.17. The fourth-order valence-electron chi connectivity index (χ4n) is 22.3. The van der Waals surface area contributed by atoms with Crippen LogP contribution in [0.1, 0.15) is 0 Å². The summed E-state index contributed by atoms with van der Waals surface area (Å²) in [5.74, 6) is 1.60. The average Bonchev–Trinajstić information content (AvgIpc) is 1.58. The van der Waals surface area contributed by atoms with Crippen LogP contribution >= 0.6 is 0 Å². The maximum Gasteiger partial charge on any atom is 0.159 e. The molecule has 30 rings (SSSR count). The summed E-state index contributed by atoms with van der Waals surface area (Å²) in [6.45, 7) is 0. The quantitative estimate of drug-likeness (QED) is 0.100. The van der Waals surface area contributed by atoms with Crippen LogP contribution in [0.2, 0.25) is 0 Å². The molecule has 0 spiro atoms. The van der Waals surface area contributed by atoms with E-state index in [9.17, 15) is 0 Å². The number of nitrogens with zero attached hydrogens (tertiary/aromatic N) is 13. The SMILES string of the molecule is c1ccc(-c2cc(-c3ccccc3)nc(-n3c4ccccc4c4cc(-c5ccc6c(c5)c5ncccc5n6-c5ccccc5)ccc43)c2)cc1.c1ccc(-c2cc(-n3c4ccccc4c4cc(-c5ccc6c(c5)c5ncccc5n6-c5ccccc5)ccc43)cc(-c3ccccc3)n2)cc1.c1ccc(-c2ncc(-n3c4ccccc4c4cc(-c5ccc6c(c5)c5ncccc5n6-c5ccccc5)ccc43)c(-c3ccccc3)n2)cc1. The first-order valence-electron chi connectivity index (χ1n) is 50.6. The Morgan fingerprint density at radius 2 is 0.427 bits per heavy atom. The molecule has 0 fully saturated rings. The lowest BCUT2D eigenvalue weighted by Gasteiger charge is -2.14. The second kappa shape index (κ2) is 37.1. The highest BCUT2D eigenvalue weighted by atomic mass is 15.1. The van der Waals surface area contributed by atoms with Crippen LogP contribution in [0.15, 0.2) is 540 Å². The van der Waals surface area contributed by atoms with E-state index in [1.165, 1.54) is 37.9 Å². The highest BCUT2D eigenvalue weighted by Crippen LogP contribution is 2.46. The smallest absolute Gasteiger partial charge is 0.159 e. The van der Waals surface area contributed by atoms with Crippen molar-refractivity contribution in [2.75, 3.05) is 0 Å². The Morgan fingerprint density at radius 3 is 0.813 bits per heavy atom. The van der Waals surface area contributed by atoms with E-state index in [2.05, 4.69) is 482 Å². The van der Waals surface area contributed by atoms with Gasteiger partial charge in [0, 0.05) is 112 Å². The van der Waals surface area contributed by atoms with Crippen LogP contribution in [0, 0.1) is 0 Å². The molecular formula is C137H89N13. The first kappa shape index (κ1) is 87.4. The number of hydrogen-bond acceptors (Lipinski definition) is 7.